The van der Waals surface area contributed by atoms with E-state index in [0.29, 0.717) is 12.8 Å². The molecule has 0 spiro atoms. The fourth-order valence-corrected chi connectivity index (χ4v) is 4.97. The SMILES string of the molecule is COc1ccccc1C1CC(=O)N(c2ccc(C)cc2C)C2=C1C(=O)CC(C)(C)C2. The molecule has 0 aromatic heterocycles. The van der Waals surface area contributed by atoms with Gasteiger partial charge >= 0.3 is 0 Å². The summed E-state index contributed by atoms with van der Waals surface area (Å²) in [6, 6.07) is 13.8. The molecule has 0 fully saturated rings. The van der Waals surface area contributed by atoms with Crippen molar-refractivity contribution < 1.29 is 14.3 Å². The second-order valence-corrected chi connectivity index (χ2v) is 9.32. The molecule has 0 bridgehead atoms. The molecule has 1 heterocycles. The summed E-state index contributed by atoms with van der Waals surface area (Å²) in [4.78, 5) is 28.8. The first-order valence-corrected chi connectivity index (χ1v) is 10.5. The Hall–Kier alpha value is -2.88. The van der Waals surface area contributed by atoms with E-state index in [9.17, 15) is 9.59 Å². The van der Waals surface area contributed by atoms with Gasteiger partial charge in [-0.1, -0.05) is 49.7 Å². The van der Waals surface area contributed by atoms with Gasteiger partial charge in [0.2, 0.25) is 5.91 Å². The number of benzene rings is 2. The maximum atomic E-state index is 13.5. The first-order valence-electron chi connectivity index (χ1n) is 10.5. The number of anilines is 1. The minimum absolute atomic E-state index is 0.0297. The van der Waals surface area contributed by atoms with Gasteiger partial charge in [-0.25, -0.2) is 0 Å². The first kappa shape index (κ1) is 20.4. The van der Waals surface area contributed by atoms with Crippen LogP contribution in [0.15, 0.2) is 53.7 Å². The van der Waals surface area contributed by atoms with Crippen LogP contribution < -0.4 is 9.64 Å². The Morgan fingerprint density at radius 3 is 2.47 bits per heavy atom. The first-order chi connectivity index (χ1) is 14.2. The lowest BCUT2D eigenvalue weighted by Crippen LogP contribution is -2.44. The van der Waals surface area contributed by atoms with Gasteiger partial charge in [-0.2, -0.15) is 0 Å². The molecule has 1 aliphatic heterocycles. The average Bonchev–Trinajstić information content (AvgIpc) is 2.67. The van der Waals surface area contributed by atoms with E-state index in [2.05, 4.69) is 19.9 Å². The number of carbonyl (C=O) groups excluding carboxylic acids is 2. The van der Waals surface area contributed by atoms with E-state index in [1.807, 2.05) is 55.1 Å². The minimum atomic E-state index is -0.269. The maximum absolute atomic E-state index is 13.5. The van der Waals surface area contributed by atoms with E-state index in [1.54, 1.807) is 7.11 Å². The highest BCUT2D eigenvalue weighted by Gasteiger charge is 2.45. The zero-order chi connectivity index (χ0) is 21.6. The van der Waals surface area contributed by atoms with Gasteiger partial charge in [-0.15, -0.1) is 0 Å². The summed E-state index contributed by atoms with van der Waals surface area (Å²) >= 11 is 0. The lowest BCUT2D eigenvalue weighted by Gasteiger charge is -2.43. The summed E-state index contributed by atoms with van der Waals surface area (Å²) in [5.41, 5.74) is 5.43. The number of hydrogen-bond donors (Lipinski definition) is 0. The van der Waals surface area contributed by atoms with Gasteiger partial charge in [0.1, 0.15) is 5.75 Å². The summed E-state index contributed by atoms with van der Waals surface area (Å²) in [7, 11) is 1.63. The van der Waals surface area contributed by atoms with Gasteiger partial charge in [0.25, 0.3) is 0 Å². The van der Waals surface area contributed by atoms with Crippen molar-refractivity contribution in [1.82, 2.24) is 0 Å². The van der Waals surface area contributed by atoms with E-state index in [4.69, 9.17) is 4.74 Å². The van der Waals surface area contributed by atoms with Crippen molar-refractivity contribution in [2.24, 2.45) is 5.41 Å². The lowest BCUT2D eigenvalue weighted by atomic mass is 9.69. The second kappa shape index (κ2) is 7.42. The normalized spacial score (nSPS) is 21.0. The predicted octanol–water partition coefficient (Wildman–Crippen LogP) is 5.48. The molecule has 156 valence electrons. The standard InChI is InChI=1S/C26H29NO3/c1-16-10-11-20(17(2)12-16)27-21-14-26(3,4)15-22(28)25(21)19(13-24(27)29)18-8-6-7-9-23(18)30-5/h6-12,19H,13-15H2,1-5H3. The van der Waals surface area contributed by atoms with Gasteiger partial charge in [0.15, 0.2) is 5.78 Å². The van der Waals surface area contributed by atoms with Gasteiger partial charge in [0.05, 0.1) is 12.8 Å². The number of aryl methyl sites for hydroxylation is 2. The number of allylic oxidation sites excluding steroid dienone is 2. The third-order valence-electron chi connectivity index (χ3n) is 6.25. The molecule has 1 amide bonds. The number of carbonyl (C=O) groups is 2. The van der Waals surface area contributed by atoms with Crippen LogP contribution in [-0.4, -0.2) is 18.8 Å². The highest BCUT2D eigenvalue weighted by atomic mass is 16.5. The Morgan fingerprint density at radius 2 is 1.77 bits per heavy atom. The molecule has 4 nitrogen and oxygen atoms in total. The van der Waals surface area contributed by atoms with Crippen LogP contribution in [0.25, 0.3) is 0 Å². The van der Waals surface area contributed by atoms with Crippen LogP contribution in [0.2, 0.25) is 0 Å². The van der Waals surface area contributed by atoms with E-state index < -0.39 is 0 Å². The summed E-state index contributed by atoms with van der Waals surface area (Å²) in [5.74, 6) is 0.621. The molecule has 30 heavy (non-hydrogen) atoms. The number of amides is 1. The van der Waals surface area contributed by atoms with Crippen molar-refractivity contribution in [3.63, 3.8) is 0 Å². The molecule has 2 aliphatic rings. The van der Waals surface area contributed by atoms with Crippen molar-refractivity contribution in [2.75, 3.05) is 12.0 Å². The summed E-state index contributed by atoms with van der Waals surface area (Å²) < 4.78 is 5.57. The largest absolute Gasteiger partial charge is 0.496 e. The molecular weight excluding hydrogens is 374 g/mol. The van der Waals surface area contributed by atoms with Crippen molar-refractivity contribution >= 4 is 17.4 Å². The van der Waals surface area contributed by atoms with Crippen LogP contribution >= 0.6 is 0 Å². The monoisotopic (exact) mass is 403 g/mol. The fourth-order valence-electron chi connectivity index (χ4n) is 4.97. The molecule has 1 unspecified atom stereocenters. The maximum Gasteiger partial charge on any atom is 0.232 e. The molecule has 2 aromatic carbocycles. The average molecular weight is 404 g/mol. The van der Waals surface area contributed by atoms with Crippen LogP contribution in [0.3, 0.4) is 0 Å². The topological polar surface area (TPSA) is 46.6 Å². The van der Waals surface area contributed by atoms with Crippen LogP contribution in [0, 0.1) is 19.3 Å². The lowest BCUT2D eigenvalue weighted by molar-refractivity contribution is -0.121. The number of ketones is 1. The Kier molecular flexibility index (Phi) is 5.05. The number of nitrogens with zero attached hydrogens (tertiary/aromatic N) is 1. The van der Waals surface area contributed by atoms with Gasteiger partial charge in [-0.3, -0.25) is 14.5 Å². The predicted molar refractivity (Wildman–Crippen MR) is 119 cm³/mol. The Balaban J connectivity index is 1.94. The van der Waals surface area contributed by atoms with Gasteiger partial charge < -0.3 is 4.74 Å². The Morgan fingerprint density at radius 1 is 1.03 bits per heavy atom. The quantitative estimate of drug-likeness (QED) is 0.682. The molecular formula is C26H29NO3. The zero-order valence-electron chi connectivity index (χ0n) is 18.4. The number of Topliss-reactive ketones (excluding diaryl/α,β-unsaturated/α-hetero) is 1. The molecule has 0 N–H and O–H groups in total. The molecule has 1 atom stereocenters. The second-order valence-electron chi connectivity index (χ2n) is 9.32. The van der Waals surface area contributed by atoms with Crippen LogP contribution in [0.1, 0.15) is 55.7 Å². The highest BCUT2D eigenvalue weighted by molar-refractivity contribution is 6.08. The van der Waals surface area contributed by atoms with Gasteiger partial charge in [0, 0.05) is 35.6 Å². The van der Waals surface area contributed by atoms with Crippen molar-refractivity contribution in [1.29, 1.82) is 0 Å². The van der Waals surface area contributed by atoms with Crippen LogP contribution in [0.4, 0.5) is 5.69 Å². The van der Waals surface area contributed by atoms with Crippen molar-refractivity contribution in [3.8, 4) is 5.75 Å². The van der Waals surface area contributed by atoms with E-state index in [1.165, 1.54) is 0 Å². The third kappa shape index (κ3) is 3.45. The van der Waals surface area contributed by atoms with E-state index in [-0.39, 0.29) is 29.4 Å². The van der Waals surface area contributed by atoms with Crippen LogP contribution in [0.5, 0.6) is 5.75 Å². The number of hydrogen-bond acceptors (Lipinski definition) is 3. The van der Waals surface area contributed by atoms with Crippen LogP contribution in [-0.2, 0) is 9.59 Å². The Bertz CT molecular complexity index is 1060. The molecule has 0 saturated carbocycles. The molecule has 1 aliphatic carbocycles. The smallest absolute Gasteiger partial charge is 0.232 e. The highest BCUT2D eigenvalue weighted by Crippen LogP contribution is 2.49. The summed E-state index contributed by atoms with van der Waals surface area (Å²) in [5, 5.41) is 0. The number of rotatable bonds is 3. The molecule has 2 aromatic rings. The number of ether oxygens (including phenoxy) is 1. The van der Waals surface area contributed by atoms with Crippen molar-refractivity contribution in [2.45, 2.75) is 52.9 Å². The van der Waals surface area contributed by atoms with E-state index >= 15 is 0 Å². The van der Waals surface area contributed by atoms with E-state index in [0.717, 1.165) is 39.4 Å². The number of methoxy groups -OCH3 is 1. The summed E-state index contributed by atoms with van der Waals surface area (Å²) in [6.07, 6.45) is 1.45. The molecule has 4 rings (SSSR count). The molecule has 0 saturated heterocycles. The third-order valence-corrected chi connectivity index (χ3v) is 6.25. The fraction of sp³-hybridized carbons (Fsp3) is 0.385. The zero-order valence-corrected chi connectivity index (χ0v) is 18.4. The van der Waals surface area contributed by atoms with Gasteiger partial charge in [-0.05, 0) is 43.4 Å². The summed E-state index contributed by atoms with van der Waals surface area (Å²) in [6.45, 7) is 8.28. The van der Waals surface area contributed by atoms with Crippen molar-refractivity contribution in [3.05, 3.63) is 70.4 Å². The number of para-hydroxylation sites is 1. The molecule has 4 heteroatoms. The Labute approximate surface area is 178 Å². The minimum Gasteiger partial charge on any atom is -0.496 e. The molecule has 0 radical (unpaired) electrons.